The molecule has 1 rings (SSSR count). The van der Waals surface area contributed by atoms with Crippen molar-refractivity contribution in [1.29, 1.82) is 0 Å². The minimum Gasteiger partial charge on any atom is -0.357 e. The maximum absolute atomic E-state index is 11.4. The summed E-state index contributed by atoms with van der Waals surface area (Å²) in [7, 11) is -1.17. The summed E-state index contributed by atoms with van der Waals surface area (Å²) in [6.07, 6.45) is 0.652. The predicted octanol–water partition coefficient (Wildman–Crippen LogP) is 2.07. The minimum absolute atomic E-state index is 0.0985. The first-order chi connectivity index (χ1) is 11.4. The van der Waals surface area contributed by atoms with Gasteiger partial charge in [-0.25, -0.2) is 13.1 Å². The molecule has 0 saturated carbocycles. The van der Waals surface area contributed by atoms with E-state index in [0.29, 0.717) is 31.1 Å². The third kappa shape index (κ3) is 7.99. The molecule has 6 nitrogen and oxygen atoms in total. The van der Waals surface area contributed by atoms with Crippen LogP contribution in [-0.4, -0.2) is 51.7 Å². The summed E-state index contributed by atoms with van der Waals surface area (Å²) in [5.74, 6) is 0.886. The summed E-state index contributed by atoms with van der Waals surface area (Å²) < 4.78 is 25.3. The van der Waals surface area contributed by atoms with E-state index in [1.165, 1.54) is 0 Å². The van der Waals surface area contributed by atoms with Gasteiger partial charge in [0.1, 0.15) is 0 Å². The van der Waals surface area contributed by atoms with Gasteiger partial charge in [-0.3, -0.25) is 4.99 Å². The van der Waals surface area contributed by atoms with Gasteiger partial charge in [0.15, 0.2) is 5.96 Å². The van der Waals surface area contributed by atoms with Crippen LogP contribution in [0.3, 0.4) is 0 Å². The van der Waals surface area contributed by atoms with Crippen molar-refractivity contribution >= 4 is 27.6 Å². The highest BCUT2D eigenvalue weighted by molar-refractivity contribution is 7.89. The number of hydrogen-bond acceptors (Lipinski definition) is 3. The number of nitrogens with zero attached hydrogens (tertiary/aromatic N) is 2. The van der Waals surface area contributed by atoms with Crippen LogP contribution in [0.5, 0.6) is 0 Å². The third-order valence-electron chi connectivity index (χ3n) is 3.30. The fourth-order valence-corrected chi connectivity index (χ4v) is 2.92. The average Bonchev–Trinajstić information content (AvgIpc) is 2.53. The smallest absolute Gasteiger partial charge is 0.211 e. The van der Waals surface area contributed by atoms with Gasteiger partial charge in [0.05, 0.1) is 5.75 Å². The van der Waals surface area contributed by atoms with Gasteiger partial charge < -0.3 is 10.2 Å². The third-order valence-corrected chi connectivity index (χ3v) is 4.94. The van der Waals surface area contributed by atoms with Crippen LogP contribution in [-0.2, 0) is 16.6 Å². The highest BCUT2D eigenvalue weighted by Gasteiger charge is 2.07. The van der Waals surface area contributed by atoms with E-state index in [1.54, 1.807) is 6.92 Å². The maximum atomic E-state index is 11.4. The van der Waals surface area contributed by atoms with Crippen molar-refractivity contribution in [3.05, 3.63) is 34.9 Å². The summed E-state index contributed by atoms with van der Waals surface area (Å²) in [6.45, 7) is 6.04. The van der Waals surface area contributed by atoms with Gasteiger partial charge in [0.2, 0.25) is 10.0 Å². The van der Waals surface area contributed by atoms with E-state index in [4.69, 9.17) is 11.6 Å². The Bertz CT molecular complexity index is 635. The predicted molar refractivity (Wildman–Crippen MR) is 101 cm³/mol. The fraction of sp³-hybridized carbons (Fsp3) is 0.562. The van der Waals surface area contributed by atoms with Gasteiger partial charge in [-0.05, 0) is 38.0 Å². The number of halogens is 1. The first-order valence-corrected chi connectivity index (χ1v) is 10.1. The molecule has 2 N–H and O–H groups in total. The lowest BCUT2D eigenvalue weighted by Gasteiger charge is -2.22. The van der Waals surface area contributed by atoms with Crippen LogP contribution in [0.2, 0.25) is 5.02 Å². The van der Waals surface area contributed by atoms with Crippen LogP contribution in [0.4, 0.5) is 0 Å². The molecular formula is C16H27ClN4O2S. The van der Waals surface area contributed by atoms with Gasteiger partial charge in [-0.1, -0.05) is 23.7 Å². The highest BCUT2D eigenvalue weighted by Crippen LogP contribution is 2.12. The second-order valence-corrected chi connectivity index (χ2v) is 7.90. The van der Waals surface area contributed by atoms with Gasteiger partial charge in [0.25, 0.3) is 0 Å². The molecule has 0 amide bonds. The lowest BCUT2D eigenvalue weighted by Crippen LogP contribution is -2.38. The molecule has 0 atom stereocenters. The van der Waals surface area contributed by atoms with E-state index in [2.05, 4.69) is 15.0 Å². The fourth-order valence-electron chi connectivity index (χ4n) is 2.05. The van der Waals surface area contributed by atoms with Crippen molar-refractivity contribution < 1.29 is 8.42 Å². The van der Waals surface area contributed by atoms with Crippen molar-refractivity contribution in [2.24, 2.45) is 4.99 Å². The maximum Gasteiger partial charge on any atom is 0.211 e. The molecule has 0 unspecified atom stereocenters. The Morgan fingerprint density at radius 3 is 2.71 bits per heavy atom. The Hall–Kier alpha value is -1.31. The largest absolute Gasteiger partial charge is 0.357 e. The van der Waals surface area contributed by atoms with Gasteiger partial charge in [0, 0.05) is 38.2 Å². The molecule has 0 aromatic heterocycles. The lowest BCUT2D eigenvalue weighted by molar-refractivity contribution is 0.476. The molecule has 0 bridgehead atoms. The van der Waals surface area contributed by atoms with Gasteiger partial charge >= 0.3 is 0 Å². The van der Waals surface area contributed by atoms with E-state index in [9.17, 15) is 8.42 Å². The molecular weight excluding hydrogens is 348 g/mol. The molecule has 0 radical (unpaired) electrons. The molecule has 0 aliphatic rings. The zero-order valence-corrected chi connectivity index (χ0v) is 16.1. The highest BCUT2D eigenvalue weighted by atomic mass is 35.5. The zero-order chi connectivity index (χ0) is 18.0. The summed E-state index contributed by atoms with van der Waals surface area (Å²) >= 11 is 6.02. The van der Waals surface area contributed by atoms with Crippen LogP contribution < -0.4 is 10.0 Å². The van der Waals surface area contributed by atoms with Crippen LogP contribution in [0.15, 0.2) is 29.3 Å². The number of sulfonamides is 1. The van der Waals surface area contributed by atoms with E-state index < -0.39 is 10.0 Å². The average molecular weight is 375 g/mol. The Labute approximate surface area is 150 Å². The van der Waals surface area contributed by atoms with E-state index in [0.717, 1.165) is 18.1 Å². The Kier molecular flexibility index (Phi) is 9.10. The number of hydrogen-bond donors (Lipinski definition) is 2. The minimum atomic E-state index is -3.13. The first kappa shape index (κ1) is 20.7. The zero-order valence-electron chi connectivity index (χ0n) is 14.5. The molecule has 0 heterocycles. The number of benzene rings is 1. The van der Waals surface area contributed by atoms with Crippen LogP contribution in [0.1, 0.15) is 25.8 Å². The molecule has 0 aliphatic heterocycles. The Morgan fingerprint density at radius 2 is 2.08 bits per heavy atom. The Balaban J connectivity index is 2.55. The summed E-state index contributed by atoms with van der Waals surface area (Å²) in [6, 6.07) is 7.73. The Morgan fingerprint density at radius 1 is 1.33 bits per heavy atom. The van der Waals surface area contributed by atoms with Crippen LogP contribution in [0.25, 0.3) is 0 Å². The topological polar surface area (TPSA) is 73.8 Å². The van der Waals surface area contributed by atoms with Crippen molar-refractivity contribution in [3.63, 3.8) is 0 Å². The second-order valence-electron chi connectivity index (χ2n) is 5.37. The standard InChI is InChI=1S/C16H27ClN4O2S/c1-4-18-16(19-10-7-11-20-24(22,23)5-2)21(3)13-14-8-6-9-15(17)12-14/h6,8-9,12,20H,4-5,7,10-11,13H2,1-3H3,(H,18,19). The quantitative estimate of drug-likeness (QED) is 0.394. The summed E-state index contributed by atoms with van der Waals surface area (Å²) in [5, 5.41) is 3.95. The first-order valence-electron chi connectivity index (χ1n) is 8.09. The van der Waals surface area contributed by atoms with Crippen molar-refractivity contribution in [2.75, 3.05) is 32.4 Å². The van der Waals surface area contributed by atoms with Gasteiger partial charge in [-0.2, -0.15) is 0 Å². The number of rotatable bonds is 9. The number of nitrogens with one attached hydrogen (secondary N) is 2. The van der Waals surface area contributed by atoms with Crippen molar-refractivity contribution in [3.8, 4) is 0 Å². The summed E-state index contributed by atoms with van der Waals surface area (Å²) in [5.41, 5.74) is 1.10. The molecule has 0 aliphatic carbocycles. The number of guanidine groups is 1. The second kappa shape index (κ2) is 10.5. The summed E-state index contributed by atoms with van der Waals surface area (Å²) in [4.78, 5) is 6.56. The molecule has 1 aromatic rings. The molecule has 0 spiro atoms. The van der Waals surface area contributed by atoms with Crippen molar-refractivity contribution in [2.45, 2.75) is 26.8 Å². The molecule has 1 aromatic carbocycles. The molecule has 24 heavy (non-hydrogen) atoms. The van der Waals surface area contributed by atoms with E-state index in [-0.39, 0.29) is 5.75 Å². The molecule has 0 fully saturated rings. The molecule has 0 saturated heterocycles. The van der Waals surface area contributed by atoms with Gasteiger partial charge in [-0.15, -0.1) is 0 Å². The number of aliphatic imine (C=N–C) groups is 1. The van der Waals surface area contributed by atoms with Crippen LogP contribution >= 0.6 is 11.6 Å². The van der Waals surface area contributed by atoms with E-state index in [1.807, 2.05) is 43.1 Å². The van der Waals surface area contributed by atoms with Crippen molar-refractivity contribution in [1.82, 2.24) is 14.9 Å². The normalized spacial score (nSPS) is 12.2. The monoisotopic (exact) mass is 374 g/mol. The molecule has 136 valence electrons. The van der Waals surface area contributed by atoms with E-state index >= 15 is 0 Å². The SMILES string of the molecule is CCNC(=NCCCNS(=O)(=O)CC)N(C)Cc1cccc(Cl)c1. The molecule has 8 heteroatoms. The lowest BCUT2D eigenvalue weighted by atomic mass is 10.2. The van der Waals surface area contributed by atoms with Crippen LogP contribution in [0, 0.1) is 0 Å².